The summed E-state index contributed by atoms with van der Waals surface area (Å²) in [7, 11) is 0. The van der Waals surface area contributed by atoms with Crippen LogP contribution in [-0.2, 0) is 0 Å². The molecule has 0 saturated heterocycles. The Morgan fingerprint density at radius 3 is 1.69 bits per heavy atom. The Kier molecular flexibility index (Phi) is 16.9. The molecule has 3 nitrogen and oxygen atoms in total. The Bertz CT molecular complexity index is 341. The van der Waals surface area contributed by atoms with E-state index in [4.69, 9.17) is 5.11 Å². The molecule has 0 radical (unpaired) electrons. The van der Waals surface area contributed by atoms with Crippen molar-refractivity contribution in [3.63, 3.8) is 0 Å². The zero-order chi connectivity index (χ0) is 18.5. The van der Waals surface area contributed by atoms with E-state index in [1.54, 1.807) is 0 Å². The summed E-state index contributed by atoms with van der Waals surface area (Å²) in [4.78, 5) is 6.60. The van der Waals surface area contributed by atoms with E-state index in [0.29, 0.717) is 6.61 Å². The van der Waals surface area contributed by atoms with Crippen molar-refractivity contribution < 1.29 is 5.11 Å². The summed E-state index contributed by atoms with van der Waals surface area (Å²) in [5.41, 5.74) is 0. The minimum Gasteiger partial charge on any atom is -0.396 e. The number of rotatable bonds is 19. The van der Waals surface area contributed by atoms with Crippen LogP contribution in [0.25, 0.3) is 0 Å². The standard InChI is InChI=1S/C23H44N2O/c26-22-18-16-14-12-10-8-6-4-2-1-3-5-7-9-11-13-15-17-20-25-21-19-24-23-25/h1,3,23,26H,2,4-22H2/b3-1-. The average Bonchev–Trinajstić information content (AvgIpc) is 3.17. The molecule has 0 saturated carbocycles. The van der Waals surface area contributed by atoms with E-state index in [9.17, 15) is 0 Å². The molecule has 26 heavy (non-hydrogen) atoms. The Morgan fingerprint density at radius 1 is 0.692 bits per heavy atom. The van der Waals surface area contributed by atoms with Crippen molar-refractivity contribution in [2.45, 2.75) is 103 Å². The zero-order valence-electron chi connectivity index (χ0n) is 17.2. The number of hydrogen-bond donors (Lipinski definition) is 1. The van der Waals surface area contributed by atoms with Crippen LogP contribution in [0, 0.1) is 0 Å². The molecule has 3 heteroatoms. The molecule has 0 aromatic heterocycles. The van der Waals surface area contributed by atoms with Crippen LogP contribution in [0.1, 0.15) is 103 Å². The highest BCUT2D eigenvalue weighted by molar-refractivity contribution is 5.56. The first-order chi connectivity index (χ1) is 12.9. The summed E-state index contributed by atoms with van der Waals surface area (Å²) < 4.78 is 0. The van der Waals surface area contributed by atoms with Gasteiger partial charge in [0.25, 0.3) is 0 Å². The lowest BCUT2D eigenvalue weighted by atomic mass is 10.1. The Balaban J connectivity index is 1.68. The third kappa shape index (κ3) is 15.4. The Hall–Kier alpha value is -0.830. The van der Waals surface area contributed by atoms with E-state index in [-0.39, 0.29) is 0 Å². The fraction of sp³-hybridized carbons (Fsp3) is 0.870. The highest BCUT2D eigenvalue weighted by Crippen LogP contribution is 2.11. The predicted molar refractivity (Wildman–Crippen MR) is 115 cm³/mol. The van der Waals surface area contributed by atoms with Crippen molar-refractivity contribution in [1.82, 2.24) is 4.90 Å². The van der Waals surface area contributed by atoms with E-state index in [0.717, 1.165) is 19.5 Å². The quantitative estimate of drug-likeness (QED) is 0.221. The van der Waals surface area contributed by atoms with Crippen molar-refractivity contribution in [3.8, 4) is 0 Å². The summed E-state index contributed by atoms with van der Waals surface area (Å²) in [6.07, 6.45) is 28.0. The predicted octanol–water partition coefficient (Wildman–Crippen LogP) is 6.12. The minimum absolute atomic E-state index is 0.362. The molecular formula is C23H44N2O. The van der Waals surface area contributed by atoms with Gasteiger partial charge in [-0.05, 0) is 38.5 Å². The van der Waals surface area contributed by atoms with E-state index in [2.05, 4.69) is 22.0 Å². The van der Waals surface area contributed by atoms with Gasteiger partial charge >= 0.3 is 0 Å². The first kappa shape index (κ1) is 23.2. The lowest BCUT2D eigenvalue weighted by Crippen LogP contribution is -2.20. The van der Waals surface area contributed by atoms with E-state index < -0.39 is 0 Å². The third-order valence-corrected chi connectivity index (χ3v) is 5.27. The topological polar surface area (TPSA) is 35.8 Å². The summed E-state index contributed by atoms with van der Waals surface area (Å²) in [6.45, 7) is 3.70. The fourth-order valence-corrected chi connectivity index (χ4v) is 3.54. The molecule has 0 spiro atoms. The first-order valence-corrected chi connectivity index (χ1v) is 11.4. The van der Waals surface area contributed by atoms with Gasteiger partial charge in [0.05, 0.1) is 12.9 Å². The van der Waals surface area contributed by atoms with Gasteiger partial charge in [-0.15, -0.1) is 0 Å². The molecule has 0 aromatic rings. The lowest BCUT2D eigenvalue weighted by Gasteiger charge is -2.12. The molecule has 1 N–H and O–H groups in total. The van der Waals surface area contributed by atoms with Crippen LogP contribution in [0.4, 0.5) is 0 Å². The molecule has 1 aliphatic heterocycles. The fourth-order valence-electron chi connectivity index (χ4n) is 3.54. The van der Waals surface area contributed by atoms with Gasteiger partial charge in [-0.25, -0.2) is 0 Å². The summed E-state index contributed by atoms with van der Waals surface area (Å²) >= 11 is 0. The molecule has 0 atom stereocenters. The second-order valence-electron chi connectivity index (χ2n) is 7.78. The largest absolute Gasteiger partial charge is 0.396 e. The molecule has 152 valence electrons. The van der Waals surface area contributed by atoms with Crippen LogP contribution in [-0.4, -0.2) is 42.6 Å². The van der Waals surface area contributed by atoms with E-state index in [1.807, 2.05) is 6.34 Å². The van der Waals surface area contributed by atoms with Gasteiger partial charge in [-0.1, -0.05) is 76.4 Å². The second-order valence-corrected chi connectivity index (χ2v) is 7.78. The van der Waals surface area contributed by atoms with E-state index in [1.165, 1.54) is 103 Å². The average molecular weight is 365 g/mol. The number of unbranched alkanes of at least 4 members (excludes halogenated alkanes) is 14. The van der Waals surface area contributed by atoms with Crippen molar-refractivity contribution in [1.29, 1.82) is 0 Å². The lowest BCUT2D eigenvalue weighted by molar-refractivity contribution is 0.282. The maximum absolute atomic E-state index is 8.72. The maximum Gasteiger partial charge on any atom is 0.0851 e. The highest BCUT2D eigenvalue weighted by Gasteiger charge is 2.03. The zero-order valence-corrected chi connectivity index (χ0v) is 17.2. The number of allylic oxidation sites excluding steroid dienone is 2. The van der Waals surface area contributed by atoms with Crippen LogP contribution in [0.3, 0.4) is 0 Å². The molecule has 1 heterocycles. The Labute approximate surface area is 163 Å². The molecule has 0 unspecified atom stereocenters. The van der Waals surface area contributed by atoms with Crippen LogP contribution < -0.4 is 0 Å². The molecule has 0 fully saturated rings. The number of nitrogens with zero attached hydrogens (tertiary/aromatic N) is 2. The molecule has 0 aliphatic carbocycles. The van der Waals surface area contributed by atoms with Crippen molar-refractivity contribution >= 4 is 6.34 Å². The Morgan fingerprint density at radius 2 is 1.19 bits per heavy atom. The third-order valence-electron chi connectivity index (χ3n) is 5.27. The first-order valence-electron chi connectivity index (χ1n) is 11.4. The van der Waals surface area contributed by atoms with Crippen LogP contribution >= 0.6 is 0 Å². The molecule has 0 amide bonds. The van der Waals surface area contributed by atoms with Crippen molar-refractivity contribution in [3.05, 3.63) is 12.2 Å². The van der Waals surface area contributed by atoms with Gasteiger partial charge in [0.1, 0.15) is 0 Å². The number of hydrogen-bond acceptors (Lipinski definition) is 3. The van der Waals surface area contributed by atoms with Gasteiger partial charge in [0.15, 0.2) is 0 Å². The van der Waals surface area contributed by atoms with Gasteiger partial charge in [-0.2, -0.15) is 0 Å². The normalized spacial score (nSPS) is 14.1. The maximum atomic E-state index is 8.72. The van der Waals surface area contributed by atoms with Gasteiger partial charge in [0, 0.05) is 19.7 Å². The van der Waals surface area contributed by atoms with Crippen LogP contribution in [0.2, 0.25) is 0 Å². The molecular weight excluding hydrogens is 320 g/mol. The monoisotopic (exact) mass is 364 g/mol. The SMILES string of the molecule is OCCCCCCCCCC/C=C\CCCCCCCCN1C=NCC1. The molecule has 0 bridgehead atoms. The van der Waals surface area contributed by atoms with Crippen molar-refractivity contribution in [2.75, 3.05) is 26.2 Å². The van der Waals surface area contributed by atoms with Gasteiger partial charge < -0.3 is 10.0 Å². The molecule has 1 aliphatic rings. The van der Waals surface area contributed by atoms with E-state index >= 15 is 0 Å². The second kappa shape index (κ2) is 18.9. The number of aliphatic hydroxyl groups is 1. The smallest absolute Gasteiger partial charge is 0.0851 e. The molecule has 1 rings (SSSR count). The highest BCUT2D eigenvalue weighted by atomic mass is 16.2. The van der Waals surface area contributed by atoms with Crippen molar-refractivity contribution in [2.24, 2.45) is 4.99 Å². The van der Waals surface area contributed by atoms with Gasteiger partial charge in [0.2, 0.25) is 0 Å². The summed E-state index contributed by atoms with van der Waals surface area (Å²) in [6, 6.07) is 0. The summed E-state index contributed by atoms with van der Waals surface area (Å²) in [5.74, 6) is 0. The van der Waals surface area contributed by atoms with Crippen LogP contribution in [0.15, 0.2) is 17.1 Å². The summed E-state index contributed by atoms with van der Waals surface area (Å²) in [5, 5.41) is 8.72. The number of aliphatic imine (C=N–C) groups is 1. The minimum atomic E-state index is 0.362. The molecule has 0 aromatic carbocycles. The van der Waals surface area contributed by atoms with Crippen LogP contribution in [0.5, 0.6) is 0 Å². The number of aliphatic hydroxyl groups excluding tert-OH is 1. The van der Waals surface area contributed by atoms with Gasteiger partial charge in [-0.3, -0.25) is 4.99 Å².